The Balaban J connectivity index is 1.67. The van der Waals surface area contributed by atoms with Crippen LogP contribution in [-0.4, -0.2) is 5.91 Å². The lowest BCUT2D eigenvalue weighted by molar-refractivity contribution is -0.136. The van der Waals surface area contributed by atoms with Crippen molar-refractivity contribution in [3.05, 3.63) is 47.6 Å². The van der Waals surface area contributed by atoms with Crippen molar-refractivity contribution in [2.75, 3.05) is 5.32 Å². The first-order chi connectivity index (χ1) is 13.9. The van der Waals surface area contributed by atoms with Crippen molar-refractivity contribution in [2.45, 2.75) is 65.5 Å². The number of anilines is 1. The number of hydrogen-bond acceptors (Lipinski definition) is 1. The van der Waals surface area contributed by atoms with E-state index in [0.29, 0.717) is 23.5 Å². The molecule has 0 saturated heterocycles. The van der Waals surface area contributed by atoms with Gasteiger partial charge in [0.15, 0.2) is 0 Å². The van der Waals surface area contributed by atoms with E-state index in [2.05, 4.69) is 32.7 Å². The molecule has 2 nitrogen and oxygen atoms in total. The molecular formula is C25H30F3NO. The number of alkyl halides is 3. The van der Waals surface area contributed by atoms with E-state index in [1.165, 1.54) is 24.5 Å². The first kappa shape index (κ1) is 21.2. The van der Waals surface area contributed by atoms with Crippen LogP contribution in [0.4, 0.5) is 18.9 Å². The fourth-order valence-electron chi connectivity index (χ4n) is 6.60. The Hall–Kier alpha value is -2.04. The van der Waals surface area contributed by atoms with Crippen LogP contribution in [0.3, 0.4) is 0 Å². The van der Waals surface area contributed by atoms with Gasteiger partial charge in [0.05, 0.1) is 11.3 Å². The first-order valence-corrected chi connectivity index (χ1v) is 10.8. The van der Waals surface area contributed by atoms with Crippen molar-refractivity contribution in [3.63, 3.8) is 0 Å². The number of carbonyl (C=O) groups is 1. The van der Waals surface area contributed by atoms with Gasteiger partial charge >= 0.3 is 6.18 Å². The molecule has 2 fully saturated rings. The molecule has 5 heteroatoms. The van der Waals surface area contributed by atoms with Gasteiger partial charge in [0.2, 0.25) is 0 Å². The maximum atomic E-state index is 13.4. The average Bonchev–Trinajstić information content (AvgIpc) is 2.94. The minimum Gasteiger partial charge on any atom is -0.321 e. The third-order valence-electron chi connectivity index (χ3n) is 8.02. The van der Waals surface area contributed by atoms with E-state index in [-0.39, 0.29) is 22.4 Å². The van der Waals surface area contributed by atoms with E-state index < -0.39 is 17.6 Å². The summed E-state index contributed by atoms with van der Waals surface area (Å²) in [7, 11) is 0. The van der Waals surface area contributed by atoms with Crippen LogP contribution in [0.15, 0.2) is 36.4 Å². The highest BCUT2D eigenvalue weighted by atomic mass is 19.4. The molecule has 30 heavy (non-hydrogen) atoms. The molecule has 1 aliphatic heterocycles. The zero-order chi connectivity index (χ0) is 21.9. The molecule has 4 rings (SSSR count). The second-order valence-corrected chi connectivity index (χ2v) is 10.2. The van der Waals surface area contributed by atoms with Gasteiger partial charge < -0.3 is 5.32 Å². The van der Waals surface area contributed by atoms with Crippen molar-refractivity contribution in [1.29, 1.82) is 0 Å². The molecular weight excluding hydrogens is 387 g/mol. The summed E-state index contributed by atoms with van der Waals surface area (Å²) in [6.45, 7) is 11.4. The molecule has 0 aromatic heterocycles. The van der Waals surface area contributed by atoms with Crippen LogP contribution in [0.25, 0.3) is 5.57 Å². The van der Waals surface area contributed by atoms with Crippen molar-refractivity contribution in [3.8, 4) is 0 Å². The fraction of sp³-hybridized carbons (Fsp3) is 0.560. The summed E-state index contributed by atoms with van der Waals surface area (Å²) in [6, 6.07) is 3.98. The summed E-state index contributed by atoms with van der Waals surface area (Å²) in [5, 5.41) is 2.45. The van der Waals surface area contributed by atoms with Crippen LogP contribution >= 0.6 is 0 Å². The second-order valence-electron chi connectivity index (χ2n) is 10.2. The lowest BCUT2D eigenvalue weighted by Gasteiger charge is -2.58. The van der Waals surface area contributed by atoms with E-state index >= 15 is 0 Å². The standard InChI is InChI=1S/C25H30F3NO/c1-15-9-12-20-23(2,3)13-6-14-24(20,4)18(15)11-10-17-16-7-5-8-19(25(26,27)28)21(16)29-22(17)30/h5,7-8,10,18,20H,1,6,9,11-14H2,2-4H3,(H,29,30)/b17-10-/t18-,20-,24+/m0/s1. The van der Waals surface area contributed by atoms with Crippen molar-refractivity contribution < 1.29 is 18.0 Å². The average molecular weight is 418 g/mol. The second kappa shape index (κ2) is 7.00. The highest BCUT2D eigenvalue weighted by Crippen LogP contribution is 2.61. The van der Waals surface area contributed by atoms with Crippen molar-refractivity contribution in [1.82, 2.24) is 0 Å². The van der Waals surface area contributed by atoms with Gasteiger partial charge in [-0.2, -0.15) is 13.2 Å². The normalized spacial score (nSPS) is 32.0. The third kappa shape index (κ3) is 3.30. The SMILES string of the molecule is C=C1CC[C@H]2C(C)(C)CCC[C@]2(C)[C@H]1C/C=C1\C(=O)Nc2c1cccc2C(F)(F)F. The Morgan fingerprint density at radius 3 is 2.67 bits per heavy atom. The number of carbonyl (C=O) groups excluding carboxylic acids is 1. The third-order valence-corrected chi connectivity index (χ3v) is 8.02. The first-order valence-electron chi connectivity index (χ1n) is 10.8. The fourth-order valence-corrected chi connectivity index (χ4v) is 6.60. The molecule has 0 radical (unpaired) electrons. The number of amides is 1. The summed E-state index contributed by atoms with van der Waals surface area (Å²) in [4.78, 5) is 12.6. The molecule has 1 aromatic rings. The van der Waals surface area contributed by atoms with Crippen LogP contribution in [0, 0.1) is 22.7 Å². The molecule has 0 spiro atoms. The Bertz CT molecular complexity index is 927. The molecule has 1 aromatic carbocycles. The van der Waals surface area contributed by atoms with E-state index in [1.54, 1.807) is 6.07 Å². The van der Waals surface area contributed by atoms with Crippen LogP contribution in [0.5, 0.6) is 0 Å². The lowest BCUT2D eigenvalue weighted by Crippen LogP contribution is -2.49. The number of fused-ring (bicyclic) bond motifs is 2. The number of para-hydroxylation sites is 1. The highest BCUT2D eigenvalue weighted by molar-refractivity contribution is 6.31. The van der Waals surface area contributed by atoms with Gasteiger partial charge in [-0.3, -0.25) is 4.79 Å². The van der Waals surface area contributed by atoms with Crippen LogP contribution in [-0.2, 0) is 11.0 Å². The molecule has 1 heterocycles. The Labute approximate surface area is 176 Å². The van der Waals surface area contributed by atoms with E-state index in [4.69, 9.17) is 0 Å². The summed E-state index contributed by atoms with van der Waals surface area (Å²) in [6.07, 6.45) is 3.66. The molecule has 1 N–H and O–H groups in total. The van der Waals surface area contributed by atoms with Gasteiger partial charge in [0, 0.05) is 11.1 Å². The summed E-state index contributed by atoms with van der Waals surface area (Å²) in [5.74, 6) is 0.383. The number of allylic oxidation sites excluding steroid dienone is 2. The quantitative estimate of drug-likeness (QED) is 0.399. The minimum absolute atomic E-state index is 0.111. The van der Waals surface area contributed by atoms with Crippen LogP contribution in [0.1, 0.15) is 70.4 Å². The molecule has 2 aliphatic carbocycles. The predicted octanol–water partition coefficient (Wildman–Crippen LogP) is 7.23. The molecule has 1 amide bonds. The zero-order valence-electron chi connectivity index (χ0n) is 18.0. The summed E-state index contributed by atoms with van der Waals surface area (Å²) in [5.41, 5.74) is 1.39. The van der Waals surface area contributed by atoms with E-state index in [1.807, 2.05) is 6.08 Å². The van der Waals surface area contributed by atoms with Crippen LogP contribution in [0.2, 0.25) is 0 Å². The van der Waals surface area contributed by atoms with Gasteiger partial charge in [-0.15, -0.1) is 0 Å². The number of halogens is 3. The van der Waals surface area contributed by atoms with Gasteiger partial charge in [-0.1, -0.05) is 57.6 Å². The number of hydrogen-bond donors (Lipinski definition) is 1. The highest BCUT2D eigenvalue weighted by Gasteiger charge is 2.52. The monoisotopic (exact) mass is 417 g/mol. The van der Waals surface area contributed by atoms with Crippen molar-refractivity contribution >= 4 is 17.2 Å². The molecule has 0 unspecified atom stereocenters. The maximum absolute atomic E-state index is 13.4. The van der Waals surface area contributed by atoms with Crippen molar-refractivity contribution in [2.24, 2.45) is 22.7 Å². The number of nitrogens with one attached hydrogen (secondary N) is 1. The largest absolute Gasteiger partial charge is 0.418 e. The smallest absolute Gasteiger partial charge is 0.321 e. The Morgan fingerprint density at radius 1 is 1.23 bits per heavy atom. The zero-order valence-corrected chi connectivity index (χ0v) is 18.0. The van der Waals surface area contributed by atoms with Gasteiger partial charge in [0.25, 0.3) is 5.91 Å². The predicted molar refractivity (Wildman–Crippen MR) is 114 cm³/mol. The van der Waals surface area contributed by atoms with Crippen LogP contribution < -0.4 is 5.32 Å². The lowest BCUT2D eigenvalue weighted by atomic mass is 9.47. The molecule has 0 bridgehead atoms. The molecule has 162 valence electrons. The van der Waals surface area contributed by atoms with E-state index in [9.17, 15) is 18.0 Å². The molecule has 3 atom stereocenters. The summed E-state index contributed by atoms with van der Waals surface area (Å²) < 4.78 is 40.1. The topological polar surface area (TPSA) is 29.1 Å². The Kier molecular flexibility index (Phi) is 4.94. The Morgan fingerprint density at radius 2 is 1.97 bits per heavy atom. The molecule has 3 aliphatic rings. The number of rotatable bonds is 2. The minimum atomic E-state index is -4.50. The maximum Gasteiger partial charge on any atom is 0.418 e. The van der Waals surface area contributed by atoms with Gasteiger partial charge in [-0.25, -0.2) is 0 Å². The van der Waals surface area contributed by atoms with E-state index in [0.717, 1.165) is 25.3 Å². The number of benzene rings is 1. The summed E-state index contributed by atoms with van der Waals surface area (Å²) >= 11 is 0. The molecule has 2 saturated carbocycles. The van der Waals surface area contributed by atoms with Gasteiger partial charge in [0.1, 0.15) is 0 Å². The van der Waals surface area contributed by atoms with Gasteiger partial charge in [-0.05, 0) is 60.8 Å².